The average molecular weight is 277 g/mol. The number of ether oxygens (including phenoxy) is 1. The van der Waals surface area contributed by atoms with Gasteiger partial charge in [-0.2, -0.15) is 13.2 Å². The van der Waals surface area contributed by atoms with Gasteiger partial charge >= 0.3 is 12.1 Å². The van der Waals surface area contributed by atoms with Gasteiger partial charge in [0.25, 0.3) is 5.69 Å². The van der Waals surface area contributed by atoms with Gasteiger partial charge in [0.15, 0.2) is 6.61 Å². The molecule has 6 nitrogen and oxygen atoms in total. The van der Waals surface area contributed by atoms with Crippen molar-refractivity contribution in [2.45, 2.75) is 6.18 Å². The molecular weight excluding hydrogens is 271 g/mol. The zero-order chi connectivity index (χ0) is 14.6. The molecule has 0 saturated heterocycles. The summed E-state index contributed by atoms with van der Waals surface area (Å²) >= 11 is 0. The number of halogens is 3. The molecule has 0 atom stereocenters. The van der Waals surface area contributed by atoms with E-state index in [-0.39, 0.29) is 5.56 Å². The smallest absolute Gasteiger partial charge is 0.451 e. The Kier molecular flexibility index (Phi) is 4.20. The standard InChI is InChI=1S/C10H6F3NO5/c11-10(12,13)9(16)19-5-8(15)6-2-1-3-7(4-6)14(17)18/h1-4H,5H2. The number of nitro groups is 1. The van der Waals surface area contributed by atoms with Crippen LogP contribution in [0.3, 0.4) is 0 Å². The predicted molar refractivity (Wildman–Crippen MR) is 54.4 cm³/mol. The van der Waals surface area contributed by atoms with Crippen LogP contribution >= 0.6 is 0 Å². The molecule has 0 saturated carbocycles. The third-order valence-corrected chi connectivity index (χ3v) is 1.94. The molecule has 0 aromatic heterocycles. The van der Waals surface area contributed by atoms with Crippen LogP contribution in [0.5, 0.6) is 0 Å². The van der Waals surface area contributed by atoms with Gasteiger partial charge in [-0.3, -0.25) is 14.9 Å². The molecule has 0 bridgehead atoms. The highest BCUT2D eigenvalue weighted by Crippen LogP contribution is 2.17. The molecule has 0 spiro atoms. The number of esters is 1. The van der Waals surface area contributed by atoms with Crippen LogP contribution < -0.4 is 0 Å². The number of nitrogens with zero attached hydrogens (tertiary/aromatic N) is 1. The molecule has 0 fully saturated rings. The summed E-state index contributed by atoms with van der Waals surface area (Å²) in [6, 6.07) is 4.34. The maximum Gasteiger partial charge on any atom is 0.490 e. The second-order valence-corrected chi connectivity index (χ2v) is 3.30. The number of hydrogen-bond acceptors (Lipinski definition) is 5. The first kappa shape index (κ1) is 14.6. The monoisotopic (exact) mass is 277 g/mol. The SMILES string of the molecule is O=C(COC(=O)C(F)(F)F)c1cccc([N+](=O)[O-])c1. The lowest BCUT2D eigenvalue weighted by Crippen LogP contribution is -2.27. The van der Waals surface area contributed by atoms with Crippen molar-refractivity contribution in [2.24, 2.45) is 0 Å². The van der Waals surface area contributed by atoms with Crippen molar-refractivity contribution in [1.82, 2.24) is 0 Å². The second kappa shape index (κ2) is 5.46. The van der Waals surface area contributed by atoms with Crippen LogP contribution in [0, 0.1) is 10.1 Å². The largest absolute Gasteiger partial charge is 0.490 e. The van der Waals surface area contributed by atoms with Crippen molar-refractivity contribution in [1.29, 1.82) is 0 Å². The number of benzene rings is 1. The average Bonchev–Trinajstić information content (AvgIpc) is 2.34. The number of carbonyl (C=O) groups excluding carboxylic acids is 2. The molecule has 0 N–H and O–H groups in total. The zero-order valence-corrected chi connectivity index (χ0v) is 9.14. The molecule has 102 valence electrons. The molecule has 19 heavy (non-hydrogen) atoms. The van der Waals surface area contributed by atoms with E-state index in [1.807, 2.05) is 0 Å². The van der Waals surface area contributed by atoms with Gasteiger partial charge in [0, 0.05) is 17.7 Å². The minimum atomic E-state index is -5.19. The van der Waals surface area contributed by atoms with Gasteiger partial charge in [-0.25, -0.2) is 4.79 Å². The van der Waals surface area contributed by atoms with Crippen molar-refractivity contribution in [3.8, 4) is 0 Å². The van der Waals surface area contributed by atoms with Crippen LogP contribution in [0.2, 0.25) is 0 Å². The number of rotatable bonds is 4. The lowest BCUT2D eigenvalue weighted by molar-refractivity contribution is -0.384. The summed E-state index contributed by atoms with van der Waals surface area (Å²) < 4.78 is 39.1. The topological polar surface area (TPSA) is 86.5 Å². The summed E-state index contributed by atoms with van der Waals surface area (Å²) in [6.07, 6.45) is -5.19. The fourth-order valence-corrected chi connectivity index (χ4v) is 1.09. The molecule has 9 heteroatoms. The zero-order valence-electron chi connectivity index (χ0n) is 9.14. The highest BCUT2D eigenvalue weighted by atomic mass is 19.4. The molecule has 0 aliphatic carbocycles. The van der Waals surface area contributed by atoms with E-state index in [9.17, 15) is 32.9 Å². The van der Waals surface area contributed by atoms with E-state index in [0.717, 1.165) is 18.2 Å². The first-order valence-electron chi connectivity index (χ1n) is 4.73. The third-order valence-electron chi connectivity index (χ3n) is 1.94. The van der Waals surface area contributed by atoms with Crippen LogP contribution in [0.25, 0.3) is 0 Å². The summed E-state index contributed by atoms with van der Waals surface area (Å²) in [6.45, 7) is -1.14. The summed E-state index contributed by atoms with van der Waals surface area (Å²) in [5.41, 5.74) is -0.614. The summed E-state index contributed by atoms with van der Waals surface area (Å²) in [5, 5.41) is 10.4. The van der Waals surface area contributed by atoms with E-state index in [2.05, 4.69) is 4.74 Å². The number of non-ortho nitro benzene ring substituents is 1. The van der Waals surface area contributed by atoms with Crippen molar-refractivity contribution in [2.75, 3.05) is 6.61 Å². The minimum Gasteiger partial charge on any atom is -0.451 e. The first-order chi connectivity index (χ1) is 8.71. The van der Waals surface area contributed by atoms with Gasteiger partial charge in [0.1, 0.15) is 0 Å². The van der Waals surface area contributed by atoms with Crippen LogP contribution in [0.15, 0.2) is 24.3 Å². The fraction of sp³-hybridized carbons (Fsp3) is 0.200. The molecule has 0 unspecified atom stereocenters. The Morgan fingerprint density at radius 3 is 2.47 bits per heavy atom. The Bertz CT molecular complexity index is 526. The van der Waals surface area contributed by atoms with Crippen molar-refractivity contribution < 1.29 is 32.4 Å². The molecule has 0 aliphatic heterocycles. The van der Waals surface area contributed by atoms with Crippen molar-refractivity contribution >= 4 is 17.4 Å². The van der Waals surface area contributed by atoms with Gasteiger partial charge < -0.3 is 4.74 Å². The number of nitro benzene ring substituents is 1. The highest BCUT2D eigenvalue weighted by molar-refractivity contribution is 5.98. The molecule has 1 rings (SSSR count). The van der Waals surface area contributed by atoms with Gasteiger partial charge in [-0.05, 0) is 0 Å². The number of hydrogen-bond donors (Lipinski definition) is 0. The number of carbonyl (C=O) groups is 2. The Morgan fingerprint density at radius 2 is 1.95 bits per heavy atom. The van der Waals surface area contributed by atoms with Gasteiger partial charge in [0.05, 0.1) is 4.92 Å². The van der Waals surface area contributed by atoms with Crippen molar-refractivity contribution in [3.63, 3.8) is 0 Å². The molecule has 0 radical (unpaired) electrons. The molecule has 1 aromatic rings. The second-order valence-electron chi connectivity index (χ2n) is 3.30. The first-order valence-corrected chi connectivity index (χ1v) is 4.73. The van der Waals surface area contributed by atoms with Crippen molar-refractivity contribution in [3.05, 3.63) is 39.9 Å². The predicted octanol–water partition coefficient (Wildman–Crippen LogP) is 1.88. The van der Waals surface area contributed by atoms with Gasteiger partial charge in [0.2, 0.25) is 5.78 Å². The van der Waals surface area contributed by atoms with E-state index in [0.29, 0.717) is 0 Å². The summed E-state index contributed by atoms with van der Waals surface area (Å²) in [5.74, 6) is -3.47. The Hall–Kier alpha value is -2.45. The van der Waals surface area contributed by atoms with Crippen LogP contribution in [-0.4, -0.2) is 29.5 Å². The maximum absolute atomic E-state index is 11.8. The third kappa shape index (κ3) is 4.05. The molecule has 1 aromatic carbocycles. The molecular formula is C10H6F3NO5. The Labute approximate surface area is 103 Å². The molecule has 0 amide bonds. The Balaban J connectivity index is 2.72. The number of ketones is 1. The van der Waals surface area contributed by atoms with E-state index in [1.54, 1.807) is 0 Å². The minimum absolute atomic E-state index is 0.218. The van der Waals surface area contributed by atoms with Crippen LogP contribution in [0.1, 0.15) is 10.4 Å². The number of alkyl halides is 3. The summed E-state index contributed by atoms with van der Waals surface area (Å²) in [7, 11) is 0. The van der Waals surface area contributed by atoms with E-state index < -0.39 is 35.1 Å². The summed E-state index contributed by atoms with van der Waals surface area (Å²) in [4.78, 5) is 31.4. The fourth-order valence-electron chi connectivity index (χ4n) is 1.09. The number of Topliss-reactive ketones (excluding diaryl/α,β-unsaturated/α-hetero) is 1. The quantitative estimate of drug-likeness (QED) is 0.363. The van der Waals surface area contributed by atoms with Crippen LogP contribution in [0.4, 0.5) is 18.9 Å². The van der Waals surface area contributed by atoms with E-state index in [4.69, 9.17) is 0 Å². The van der Waals surface area contributed by atoms with E-state index in [1.165, 1.54) is 6.07 Å². The van der Waals surface area contributed by atoms with E-state index >= 15 is 0 Å². The van der Waals surface area contributed by atoms with Gasteiger partial charge in [-0.15, -0.1) is 0 Å². The lowest BCUT2D eigenvalue weighted by atomic mass is 10.1. The maximum atomic E-state index is 11.8. The Morgan fingerprint density at radius 1 is 1.32 bits per heavy atom. The lowest BCUT2D eigenvalue weighted by Gasteiger charge is -2.06. The van der Waals surface area contributed by atoms with Crippen LogP contribution in [-0.2, 0) is 9.53 Å². The normalized spacial score (nSPS) is 10.9. The molecule has 0 heterocycles. The molecule has 0 aliphatic rings. The van der Waals surface area contributed by atoms with Gasteiger partial charge in [-0.1, -0.05) is 12.1 Å². The highest BCUT2D eigenvalue weighted by Gasteiger charge is 2.41.